The largest absolute Gasteiger partial charge is 0.481 e. The fourth-order valence-electron chi connectivity index (χ4n) is 5.41. The number of anilines is 1. The molecule has 6 heteroatoms. The first-order valence-electron chi connectivity index (χ1n) is 12.5. The van der Waals surface area contributed by atoms with Crippen LogP contribution in [-0.2, 0) is 19.4 Å². The molecule has 0 radical (unpaired) electrons. The number of rotatable bonds is 4. The number of aliphatic hydroxyl groups excluding tert-OH is 1. The molecule has 0 saturated heterocycles. The molecule has 2 N–H and O–H groups in total. The minimum Gasteiger partial charge on any atom is -0.481 e. The quantitative estimate of drug-likeness (QED) is 0.653. The van der Waals surface area contributed by atoms with Crippen molar-refractivity contribution in [3.05, 3.63) is 64.4 Å². The van der Waals surface area contributed by atoms with Gasteiger partial charge >= 0.3 is 0 Å². The average Bonchev–Trinajstić information content (AvgIpc) is 2.84. The number of hydrogen-bond donors (Lipinski definition) is 2. The fraction of sp³-hybridized carbons (Fsp3) is 0.500. The summed E-state index contributed by atoms with van der Waals surface area (Å²) in [6.07, 6.45) is 10.4. The molecule has 4 rings (SSSR count). The van der Waals surface area contributed by atoms with Crippen molar-refractivity contribution in [1.29, 1.82) is 0 Å². The summed E-state index contributed by atoms with van der Waals surface area (Å²) in [7, 11) is 1.63. The molecule has 0 bridgehead atoms. The third kappa shape index (κ3) is 5.27. The Morgan fingerprint density at radius 2 is 1.97 bits per heavy atom. The molecule has 2 aromatic rings. The molecule has 1 aliphatic heterocycles. The second-order valence-corrected chi connectivity index (χ2v) is 9.36. The third-order valence-electron chi connectivity index (χ3n) is 7.15. The van der Waals surface area contributed by atoms with E-state index in [4.69, 9.17) is 4.74 Å². The van der Waals surface area contributed by atoms with Gasteiger partial charge in [-0.05, 0) is 88.1 Å². The fourth-order valence-corrected chi connectivity index (χ4v) is 5.41. The molecule has 0 spiro atoms. The van der Waals surface area contributed by atoms with E-state index in [0.717, 1.165) is 79.6 Å². The average molecular weight is 464 g/mol. The zero-order valence-electron chi connectivity index (χ0n) is 20.6. The lowest BCUT2D eigenvalue weighted by Crippen LogP contribution is -2.40. The Balaban J connectivity index is 1.68. The lowest BCUT2D eigenvalue weighted by Gasteiger charge is -2.38. The van der Waals surface area contributed by atoms with Crippen molar-refractivity contribution in [2.24, 2.45) is 0 Å². The standard InChI is InChI=1S/C28H37N3O3/c1-4-31(21-13-15-22(32)16-14-21)26-12-8-11-24-23(26)10-7-5-6-9-20-17-19(2)30-28(34-3)25(20)18-29-27(24)33/h5,7-8,11-12,17,21-22,32H,4,6,9-10,13-16,18H2,1-3H3,(H,29,33)/b7-5-/t21-,22+. The summed E-state index contributed by atoms with van der Waals surface area (Å²) in [4.78, 5) is 20.4. The van der Waals surface area contributed by atoms with Gasteiger partial charge in [-0.15, -0.1) is 0 Å². The van der Waals surface area contributed by atoms with E-state index in [9.17, 15) is 9.90 Å². The SMILES string of the molecule is CCN(c1cccc2c1C/C=C\CCc1cc(C)nc(OC)c1CNC2=O)[C@H]1CC[C@@H](O)CC1. The third-order valence-corrected chi connectivity index (χ3v) is 7.15. The van der Waals surface area contributed by atoms with Crippen molar-refractivity contribution < 1.29 is 14.6 Å². The van der Waals surface area contributed by atoms with Crippen molar-refractivity contribution in [3.8, 4) is 5.88 Å². The number of amides is 1. The van der Waals surface area contributed by atoms with E-state index in [1.54, 1.807) is 7.11 Å². The number of aromatic nitrogens is 1. The van der Waals surface area contributed by atoms with Gasteiger partial charge in [-0.25, -0.2) is 4.98 Å². The van der Waals surface area contributed by atoms with Crippen molar-refractivity contribution in [3.63, 3.8) is 0 Å². The number of fused-ring (bicyclic) bond motifs is 2. The Morgan fingerprint density at radius 3 is 2.71 bits per heavy atom. The molecular formula is C28H37N3O3. The van der Waals surface area contributed by atoms with Crippen molar-refractivity contribution in [2.75, 3.05) is 18.6 Å². The molecule has 182 valence electrons. The molecule has 1 aliphatic carbocycles. The van der Waals surface area contributed by atoms with Crippen LogP contribution in [0, 0.1) is 6.92 Å². The highest BCUT2D eigenvalue weighted by Gasteiger charge is 2.27. The van der Waals surface area contributed by atoms with Crippen molar-refractivity contribution in [1.82, 2.24) is 10.3 Å². The van der Waals surface area contributed by atoms with Crippen LogP contribution in [0.15, 0.2) is 36.4 Å². The van der Waals surface area contributed by atoms with Crippen LogP contribution >= 0.6 is 0 Å². The number of nitrogens with zero attached hydrogens (tertiary/aromatic N) is 2. The van der Waals surface area contributed by atoms with E-state index in [1.165, 1.54) is 5.56 Å². The summed E-state index contributed by atoms with van der Waals surface area (Å²) < 4.78 is 5.56. The predicted octanol–water partition coefficient (Wildman–Crippen LogP) is 4.50. The summed E-state index contributed by atoms with van der Waals surface area (Å²) in [6.45, 7) is 5.40. The van der Waals surface area contributed by atoms with Crippen LogP contribution < -0.4 is 15.0 Å². The van der Waals surface area contributed by atoms with Gasteiger partial charge in [0.25, 0.3) is 5.91 Å². The highest BCUT2D eigenvalue weighted by atomic mass is 16.5. The summed E-state index contributed by atoms with van der Waals surface area (Å²) in [5, 5.41) is 13.1. The van der Waals surface area contributed by atoms with E-state index in [1.807, 2.05) is 19.1 Å². The van der Waals surface area contributed by atoms with E-state index in [0.29, 0.717) is 18.5 Å². The smallest absolute Gasteiger partial charge is 0.251 e. The number of allylic oxidation sites excluding steroid dienone is 2. The molecule has 1 saturated carbocycles. The highest BCUT2D eigenvalue weighted by Crippen LogP contribution is 2.32. The highest BCUT2D eigenvalue weighted by molar-refractivity contribution is 5.97. The lowest BCUT2D eigenvalue weighted by molar-refractivity contribution is 0.0949. The molecule has 2 aliphatic rings. The Hall–Kier alpha value is -2.86. The maximum atomic E-state index is 13.4. The number of aryl methyl sites for hydroxylation is 2. The van der Waals surface area contributed by atoms with Gasteiger partial charge in [0.2, 0.25) is 5.88 Å². The van der Waals surface area contributed by atoms with Crippen LogP contribution in [0.1, 0.15) is 71.8 Å². The number of carbonyl (C=O) groups excluding carboxylic acids is 1. The zero-order valence-corrected chi connectivity index (χ0v) is 20.6. The maximum absolute atomic E-state index is 13.4. The van der Waals surface area contributed by atoms with Crippen LogP contribution in [0.4, 0.5) is 5.69 Å². The zero-order chi connectivity index (χ0) is 24.1. The topological polar surface area (TPSA) is 74.7 Å². The molecule has 1 amide bonds. The van der Waals surface area contributed by atoms with E-state index < -0.39 is 0 Å². The first kappa shape index (κ1) is 24.3. The molecule has 1 aromatic carbocycles. The molecular weight excluding hydrogens is 426 g/mol. The maximum Gasteiger partial charge on any atom is 0.251 e. The summed E-state index contributed by atoms with van der Waals surface area (Å²) in [5.41, 5.74) is 5.96. The Labute approximate surface area is 203 Å². The second kappa shape index (κ2) is 11.0. The van der Waals surface area contributed by atoms with Crippen LogP contribution in [0.5, 0.6) is 5.88 Å². The monoisotopic (exact) mass is 463 g/mol. The van der Waals surface area contributed by atoms with Gasteiger partial charge < -0.3 is 20.1 Å². The Bertz CT molecular complexity index is 1040. The van der Waals surface area contributed by atoms with Gasteiger partial charge in [0.15, 0.2) is 0 Å². The van der Waals surface area contributed by atoms with Gasteiger partial charge in [-0.3, -0.25) is 4.79 Å². The molecule has 0 unspecified atom stereocenters. The number of hydrogen-bond acceptors (Lipinski definition) is 5. The number of aliphatic hydroxyl groups is 1. The molecule has 1 fully saturated rings. The van der Waals surface area contributed by atoms with Gasteiger partial charge in [-0.1, -0.05) is 18.2 Å². The van der Waals surface area contributed by atoms with Crippen molar-refractivity contribution in [2.45, 2.75) is 77.5 Å². The number of methoxy groups -OCH3 is 1. The molecule has 6 nitrogen and oxygen atoms in total. The molecule has 0 atom stereocenters. The van der Waals surface area contributed by atoms with Gasteiger partial charge in [-0.2, -0.15) is 0 Å². The van der Waals surface area contributed by atoms with Gasteiger partial charge in [0.1, 0.15) is 0 Å². The normalized spacial score (nSPS) is 21.8. The lowest BCUT2D eigenvalue weighted by atomic mass is 9.90. The minimum absolute atomic E-state index is 0.0745. The van der Waals surface area contributed by atoms with Crippen LogP contribution in [0.2, 0.25) is 0 Å². The first-order valence-corrected chi connectivity index (χ1v) is 12.5. The van der Waals surface area contributed by atoms with Gasteiger partial charge in [0, 0.05) is 41.6 Å². The number of pyridine rings is 1. The summed E-state index contributed by atoms with van der Waals surface area (Å²) in [6, 6.07) is 8.54. The summed E-state index contributed by atoms with van der Waals surface area (Å²) in [5.74, 6) is 0.511. The van der Waals surface area contributed by atoms with Crippen molar-refractivity contribution >= 4 is 11.6 Å². The van der Waals surface area contributed by atoms with E-state index in [2.05, 4.69) is 46.4 Å². The number of benzene rings is 1. The van der Waals surface area contributed by atoms with Crippen LogP contribution in [0.25, 0.3) is 0 Å². The Morgan fingerprint density at radius 1 is 1.18 bits per heavy atom. The van der Waals surface area contributed by atoms with Gasteiger partial charge in [0.05, 0.1) is 13.2 Å². The van der Waals surface area contributed by atoms with Crippen LogP contribution in [0.3, 0.4) is 0 Å². The van der Waals surface area contributed by atoms with Crippen LogP contribution in [-0.4, -0.2) is 41.8 Å². The minimum atomic E-state index is -0.182. The predicted molar refractivity (Wildman–Crippen MR) is 136 cm³/mol. The molecule has 2 heterocycles. The molecule has 1 aromatic heterocycles. The first-order chi connectivity index (χ1) is 16.5. The second-order valence-electron chi connectivity index (χ2n) is 9.36. The molecule has 34 heavy (non-hydrogen) atoms. The summed E-state index contributed by atoms with van der Waals surface area (Å²) >= 11 is 0. The number of carbonyl (C=O) groups is 1. The van der Waals surface area contributed by atoms with E-state index >= 15 is 0 Å². The number of ether oxygens (including phenoxy) is 1. The Kier molecular flexibility index (Phi) is 7.88. The van der Waals surface area contributed by atoms with E-state index in [-0.39, 0.29) is 12.0 Å². The number of nitrogens with one attached hydrogen (secondary N) is 1.